The Morgan fingerprint density at radius 1 is 1.19 bits per heavy atom. The predicted octanol–water partition coefficient (Wildman–Crippen LogP) is 2.81. The lowest BCUT2D eigenvalue weighted by molar-refractivity contribution is -0.146. The molecule has 1 amide bonds. The van der Waals surface area contributed by atoms with Crippen molar-refractivity contribution in [2.45, 2.75) is 51.0 Å². The number of piperidine rings is 2. The van der Waals surface area contributed by atoms with Gasteiger partial charge in [-0.2, -0.15) is 0 Å². The molecule has 5 nitrogen and oxygen atoms in total. The molecule has 4 rings (SSSR count). The van der Waals surface area contributed by atoms with Gasteiger partial charge in [-0.1, -0.05) is 30.3 Å². The molecule has 1 aliphatic carbocycles. The van der Waals surface area contributed by atoms with Gasteiger partial charge in [0.05, 0.1) is 19.1 Å². The van der Waals surface area contributed by atoms with Crippen molar-refractivity contribution in [1.29, 1.82) is 0 Å². The van der Waals surface area contributed by atoms with Crippen LogP contribution in [0.5, 0.6) is 0 Å². The number of hydrogen-bond acceptors (Lipinski definition) is 4. The van der Waals surface area contributed by atoms with Crippen LogP contribution < -0.4 is 0 Å². The number of amides is 1. The van der Waals surface area contributed by atoms with Crippen LogP contribution in [0.1, 0.15) is 50.5 Å². The SMILES string of the molecule is CCOC(=O)CN1CCC2(CC1)CC(c1ccccc1)C(=O)N(C1CC1)C2. The Labute approximate surface area is 161 Å². The quantitative estimate of drug-likeness (QED) is 0.748. The largest absolute Gasteiger partial charge is 0.465 e. The first-order chi connectivity index (χ1) is 13.1. The maximum absolute atomic E-state index is 13.2. The molecule has 1 unspecified atom stereocenters. The predicted molar refractivity (Wildman–Crippen MR) is 103 cm³/mol. The number of rotatable bonds is 5. The molecule has 1 aromatic rings. The minimum absolute atomic E-state index is 0.0165. The van der Waals surface area contributed by atoms with Gasteiger partial charge in [-0.15, -0.1) is 0 Å². The molecule has 3 aliphatic rings. The third-order valence-corrected chi connectivity index (χ3v) is 6.49. The van der Waals surface area contributed by atoms with Crippen molar-refractivity contribution in [3.05, 3.63) is 35.9 Å². The van der Waals surface area contributed by atoms with Crippen LogP contribution in [0.2, 0.25) is 0 Å². The van der Waals surface area contributed by atoms with E-state index in [1.54, 1.807) is 0 Å². The smallest absolute Gasteiger partial charge is 0.320 e. The molecule has 1 atom stereocenters. The highest BCUT2D eigenvalue weighted by Crippen LogP contribution is 2.48. The van der Waals surface area contributed by atoms with Crippen LogP contribution in [0.4, 0.5) is 0 Å². The Kier molecular flexibility index (Phi) is 5.22. The highest BCUT2D eigenvalue weighted by atomic mass is 16.5. The lowest BCUT2D eigenvalue weighted by Crippen LogP contribution is -2.55. The average Bonchev–Trinajstić information content (AvgIpc) is 3.52. The molecule has 1 aromatic carbocycles. The summed E-state index contributed by atoms with van der Waals surface area (Å²) in [6.45, 7) is 5.39. The highest BCUT2D eigenvalue weighted by Gasteiger charge is 2.49. The van der Waals surface area contributed by atoms with E-state index in [4.69, 9.17) is 4.74 Å². The van der Waals surface area contributed by atoms with Gasteiger partial charge in [0.25, 0.3) is 0 Å². The van der Waals surface area contributed by atoms with E-state index < -0.39 is 0 Å². The van der Waals surface area contributed by atoms with Crippen LogP contribution in [-0.2, 0) is 14.3 Å². The number of benzene rings is 1. The second kappa shape index (κ2) is 7.63. The first-order valence-corrected chi connectivity index (χ1v) is 10.3. The van der Waals surface area contributed by atoms with E-state index in [1.807, 2.05) is 25.1 Å². The van der Waals surface area contributed by atoms with Crippen molar-refractivity contribution in [3.63, 3.8) is 0 Å². The van der Waals surface area contributed by atoms with Crippen LogP contribution in [0.15, 0.2) is 30.3 Å². The summed E-state index contributed by atoms with van der Waals surface area (Å²) in [5.74, 6) is 0.175. The van der Waals surface area contributed by atoms with E-state index in [2.05, 4.69) is 21.9 Å². The molecular formula is C22H30N2O3. The van der Waals surface area contributed by atoms with E-state index in [1.165, 1.54) is 0 Å². The monoisotopic (exact) mass is 370 g/mol. The van der Waals surface area contributed by atoms with Gasteiger partial charge >= 0.3 is 5.97 Å². The molecule has 2 heterocycles. The molecule has 1 saturated carbocycles. The van der Waals surface area contributed by atoms with E-state index in [0.29, 0.717) is 25.1 Å². The van der Waals surface area contributed by atoms with E-state index in [9.17, 15) is 9.59 Å². The highest BCUT2D eigenvalue weighted by molar-refractivity contribution is 5.85. The number of hydrogen-bond donors (Lipinski definition) is 0. The van der Waals surface area contributed by atoms with Crippen molar-refractivity contribution < 1.29 is 14.3 Å². The number of nitrogens with zero attached hydrogens (tertiary/aromatic N) is 2. The number of carbonyl (C=O) groups is 2. The fourth-order valence-electron chi connectivity index (χ4n) is 4.80. The summed E-state index contributed by atoms with van der Waals surface area (Å²) in [5.41, 5.74) is 1.34. The van der Waals surface area contributed by atoms with Crippen molar-refractivity contribution in [2.75, 3.05) is 32.8 Å². The van der Waals surface area contributed by atoms with Crippen molar-refractivity contribution in [3.8, 4) is 0 Å². The molecule has 1 spiro atoms. The van der Waals surface area contributed by atoms with Gasteiger partial charge in [0.1, 0.15) is 0 Å². The fraction of sp³-hybridized carbons (Fsp3) is 0.636. The van der Waals surface area contributed by atoms with E-state index in [-0.39, 0.29) is 17.3 Å². The van der Waals surface area contributed by atoms with Crippen LogP contribution in [0.3, 0.4) is 0 Å². The molecule has 27 heavy (non-hydrogen) atoms. The summed E-state index contributed by atoms with van der Waals surface area (Å²) < 4.78 is 5.09. The number of ether oxygens (including phenoxy) is 1. The Morgan fingerprint density at radius 2 is 1.89 bits per heavy atom. The van der Waals surface area contributed by atoms with E-state index >= 15 is 0 Å². The molecule has 5 heteroatoms. The first-order valence-electron chi connectivity index (χ1n) is 10.3. The van der Waals surface area contributed by atoms with Gasteiger partial charge in [0.15, 0.2) is 0 Å². The van der Waals surface area contributed by atoms with Gasteiger partial charge in [0, 0.05) is 12.6 Å². The lowest BCUT2D eigenvalue weighted by Gasteiger charge is -2.50. The van der Waals surface area contributed by atoms with Crippen molar-refractivity contribution in [2.24, 2.45) is 5.41 Å². The molecule has 0 bridgehead atoms. The second-order valence-electron chi connectivity index (χ2n) is 8.45. The third kappa shape index (κ3) is 4.03. The summed E-state index contributed by atoms with van der Waals surface area (Å²) in [6, 6.07) is 10.7. The second-order valence-corrected chi connectivity index (χ2v) is 8.45. The number of esters is 1. The standard InChI is InChI=1S/C22H30N2O3/c1-2-27-20(25)15-23-12-10-22(11-13-23)14-19(17-6-4-3-5-7-17)21(26)24(16-22)18-8-9-18/h3-7,18-19H,2,8-16H2,1H3. The molecule has 2 aliphatic heterocycles. The van der Waals surface area contributed by atoms with Gasteiger partial charge in [-0.3, -0.25) is 14.5 Å². The average molecular weight is 370 g/mol. The van der Waals surface area contributed by atoms with Gasteiger partial charge in [-0.05, 0) is 63.1 Å². The Hall–Kier alpha value is -1.88. The molecule has 146 valence electrons. The zero-order valence-corrected chi connectivity index (χ0v) is 16.2. The van der Waals surface area contributed by atoms with Gasteiger partial charge in [0.2, 0.25) is 5.91 Å². The normalized spacial score (nSPS) is 25.6. The topological polar surface area (TPSA) is 49.9 Å². The summed E-state index contributed by atoms with van der Waals surface area (Å²) in [6.07, 6.45) is 5.33. The first kappa shape index (κ1) is 18.5. The fourth-order valence-corrected chi connectivity index (χ4v) is 4.80. The van der Waals surface area contributed by atoms with Crippen LogP contribution in [-0.4, -0.2) is 60.5 Å². The summed E-state index contributed by atoms with van der Waals surface area (Å²) >= 11 is 0. The molecule has 0 N–H and O–H groups in total. The van der Waals surface area contributed by atoms with Crippen LogP contribution in [0.25, 0.3) is 0 Å². The van der Waals surface area contributed by atoms with Crippen LogP contribution >= 0.6 is 0 Å². The zero-order valence-electron chi connectivity index (χ0n) is 16.2. The third-order valence-electron chi connectivity index (χ3n) is 6.49. The molecule has 3 fully saturated rings. The Balaban J connectivity index is 1.47. The van der Waals surface area contributed by atoms with Crippen molar-refractivity contribution in [1.82, 2.24) is 9.80 Å². The molecule has 0 aromatic heterocycles. The molecule has 0 radical (unpaired) electrons. The Bertz CT molecular complexity index is 678. The summed E-state index contributed by atoms with van der Waals surface area (Å²) in [7, 11) is 0. The number of carbonyl (C=O) groups excluding carboxylic acids is 2. The number of likely N-dealkylation sites (tertiary alicyclic amines) is 2. The minimum atomic E-state index is -0.131. The Morgan fingerprint density at radius 3 is 2.52 bits per heavy atom. The van der Waals surface area contributed by atoms with Gasteiger partial charge < -0.3 is 9.64 Å². The van der Waals surface area contributed by atoms with Crippen LogP contribution in [0, 0.1) is 5.41 Å². The maximum Gasteiger partial charge on any atom is 0.320 e. The van der Waals surface area contributed by atoms with E-state index in [0.717, 1.165) is 57.3 Å². The zero-order chi connectivity index (χ0) is 18.9. The van der Waals surface area contributed by atoms with Crippen molar-refractivity contribution >= 4 is 11.9 Å². The maximum atomic E-state index is 13.2. The summed E-state index contributed by atoms with van der Waals surface area (Å²) in [5, 5.41) is 0. The minimum Gasteiger partial charge on any atom is -0.465 e. The van der Waals surface area contributed by atoms with Gasteiger partial charge in [-0.25, -0.2) is 0 Å². The molecule has 2 saturated heterocycles. The summed E-state index contributed by atoms with van der Waals surface area (Å²) in [4.78, 5) is 29.4. The lowest BCUT2D eigenvalue weighted by atomic mass is 9.67. The molecular weight excluding hydrogens is 340 g/mol.